The van der Waals surface area contributed by atoms with Crippen molar-refractivity contribution in [2.45, 2.75) is 0 Å². The highest BCUT2D eigenvalue weighted by Crippen LogP contribution is 2.42. The highest BCUT2D eigenvalue weighted by atomic mass is 79.9. The first-order valence-electron chi connectivity index (χ1n) is 8.41. The number of rotatable bonds is 6. The average Bonchev–Trinajstić information content (AvgIpc) is 2.75. The molecular formula is C19H15BrClN3O6. The smallest absolute Gasteiger partial charge is 0.349 e. The van der Waals surface area contributed by atoms with Gasteiger partial charge in [-0.05, 0) is 34.1 Å². The summed E-state index contributed by atoms with van der Waals surface area (Å²) in [5, 5.41) is 4.42. The van der Waals surface area contributed by atoms with Crippen molar-refractivity contribution in [2.75, 3.05) is 20.8 Å². The zero-order valence-electron chi connectivity index (χ0n) is 15.8. The summed E-state index contributed by atoms with van der Waals surface area (Å²) in [4.78, 5) is 38.8. The number of nitrogens with zero attached hydrogens (tertiary/aromatic N) is 2. The van der Waals surface area contributed by atoms with Gasteiger partial charge in [-0.1, -0.05) is 23.7 Å². The first-order valence-corrected chi connectivity index (χ1v) is 9.58. The number of methoxy groups -OCH3 is 2. The minimum absolute atomic E-state index is 0.111. The quantitative estimate of drug-likeness (QED) is 0.415. The van der Waals surface area contributed by atoms with Gasteiger partial charge in [0, 0.05) is 10.0 Å². The lowest BCUT2D eigenvalue weighted by Crippen LogP contribution is -2.32. The molecule has 0 bridgehead atoms. The Morgan fingerprint density at radius 1 is 1.30 bits per heavy atom. The predicted molar refractivity (Wildman–Crippen MR) is 115 cm³/mol. The second-order valence-electron chi connectivity index (χ2n) is 5.83. The molecule has 3 aromatic rings. The van der Waals surface area contributed by atoms with Gasteiger partial charge in [0.05, 0.1) is 31.3 Å². The number of benzene rings is 2. The van der Waals surface area contributed by atoms with Gasteiger partial charge in [-0.15, -0.1) is 4.68 Å². The van der Waals surface area contributed by atoms with Crippen molar-refractivity contribution < 1.29 is 19.0 Å². The van der Waals surface area contributed by atoms with Crippen LogP contribution in [0, 0.1) is 0 Å². The number of para-hydroxylation sites is 1. The Kier molecular flexibility index (Phi) is 6.58. The molecule has 3 rings (SSSR count). The SMILES string of the molecule is COC(=O)COc1c(OC)cc(C=Nn2c(=O)[nH]c3ccccc3c2=O)c(Br)c1Cl. The number of carbonyl (C=O) groups is 1. The number of esters is 1. The van der Waals surface area contributed by atoms with E-state index in [1.807, 2.05) is 0 Å². The summed E-state index contributed by atoms with van der Waals surface area (Å²) in [5.74, 6) is -0.257. The van der Waals surface area contributed by atoms with Gasteiger partial charge in [0.25, 0.3) is 5.56 Å². The van der Waals surface area contributed by atoms with E-state index in [1.165, 1.54) is 26.5 Å². The van der Waals surface area contributed by atoms with E-state index in [2.05, 4.69) is 30.8 Å². The van der Waals surface area contributed by atoms with Gasteiger partial charge in [0.1, 0.15) is 5.02 Å². The van der Waals surface area contributed by atoms with Crippen molar-refractivity contribution in [3.63, 3.8) is 0 Å². The maximum absolute atomic E-state index is 12.6. The van der Waals surface area contributed by atoms with Crippen molar-refractivity contribution in [2.24, 2.45) is 5.10 Å². The van der Waals surface area contributed by atoms with E-state index >= 15 is 0 Å². The first-order chi connectivity index (χ1) is 14.4. The molecule has 30 heavy (non-hydrogen) atoms. The van der Waals surface area contributed by atoms with Crippen molar-refractivity contribution in [1.29, 1.82) is 0 Å². The van der Waals surface area contributed by atoms with Crippen LogP contribution < -0.4 is 20.7 Å². The number of ether oxygens (including phenoxy) is 3. The van der Waals surface area contributed by atoms with Crippen molar-refractivity contribution >= 4 is 50.6 Å². The maximum Gasteiger partial charge on any atom is 0.349 e. The molecule has 0 amide bonds. The lowest BCUT2D eigenvalue weighted by atomic mass is 10.2. The highest BCUT2D eigenvalue weighted by molar-refractivity contribution is 9.10. The Morgan fingerprint density at radius 2 is 2.03 bits per heavy atom. The minimum atomic E-state index is -0.692. The normalized spacial score (nSPS) is 11.1. The van der Waals surface area contributed by atoms with E-state index < -0.39 is 17.2 Å². The molecule has 0 fully saturated rings. The van der Waals surface area contributed by atoms with Gasteiger partial charge in [-0.25, -0.2) is 9.59 Å². The average molecular weight is 497 g/mol. The molecule has 0 unspecified atom stereocenters. The third kappa shape index (κ3) is 4.24. The van der Waals surface area contributed by atoms with E-state index in [9.17, 15) is 14.4 Å². The van der Waals surface area contributed by atoms with E-state index in [-0.39, 0.29) is 23.1 Å². The van der Waals surface area contributed by atoms with Gasteiger partial charge in [-0.2, -0.15) is 5.10 Å². The summed E-state index contributed by atoms with van der Waals surface area (Å²) in [7, 11) is 2.63. The van der Waals surface area contributed by atoms with Crippen LogP contribution in [0.15, 0.2) is 49.5 Å². The van der Waals surface area contributed by atoms with Crippen LogP contribution >= 0.6 is 27.5 Å². The number of hydrogen-bond donors (Lipinski definition) is 1. The number of fused-ring (bicyclic) bond motifs is 1. The molecule has 1 aromatic heterocycles. The molecule has 156 valence electrons. The molecule has 0 aliphatic heterocycles. The topological polar surface area (TPSA) is 112 Å². The Bertz CT molecular complexity index is 1270. The van der Waals surface area contributed by atoms with E-state index in [0.29, 0.717) is 25.6 Å². The molecule has 1 N–H and O–H groups in total. The summed E-state index contributed by atoms with van der Waals surface area (Å²) < 4.78 is 16.2. The van der Waals surface area contributed by atoms with Gasteiger partial charge in [0.15, 0.2) is 18.1 Å². The molecule has 9 nitrogen and oxygen atoms in total. The number of hydrogen-bond acceptors (Lipinski definition) is 7. The Balaban J connectivity index is 2.03. The summed E-state index contributed by atoms with van der Waals surface area (Å²) in [5.41, 5.74) is -0.446. The molecular weight excluding hydrogens is 482 g/mol. The highest BCUT2D eigenvalue weighted by Gasteiger charge is 2.18. The molecule has 0 saturated heterocycles. The number of carbonyl (C=O) groups excluding carboxylic acids is 1. The van der Waals surface area contributed by atoms with Gasteiger partial charge in [-0.3, -0.25) is 4.79 Å². The molecule has 0 atom stereocenters. The van der Waals surface area contributed by atoms with Gasteiger partial charge >= 0.3 is 11.7 Å². The minimum Gasteiger partial charge on any atom is -0.493 e. The standard InChI is InChI=1S/C19H15BrClN3O6/c1-28-13-7-10(15(20)16(21)17(13)30-9-14(25)29-2)8-22-24-18(26)11-5-3-4-6-12(11)23-19(24)27/h3-8H,9H2,1-2H3,(H,23,27). The summed E-state index contributed by atoms with van der Waals surface area (Å²) in [6.45, 7) is -0.367. The van der Waals surface area contributed by atoms with Crippen LogP contribution in [0.3, 0.4) is 0 Å². The molecule has 11 heteroatoms. The van der Waals surface area contributed by atoms with Crippen molar-refractivity contribution in [3.05, 3.63) is 66.2 Å². The van der Waals surface area contributed by atoms with Crippen LogP contribution in [0.2, 0.25) is 5.02 Å². The Labute approximate surface area is 183 Å². The molecule has 0 aliphatic carbocycles. The number of nitrogens with one attached hydrogen (secondary N) is 1. The number of H-pyrrole nitrogens is 1. The Morgan fingerprint density at radius 3 is 2.73 bits per heavy atom. The van der Waals surface area contributed by atoms with Crippen LogP contribution in [0.5, 0.6) is 11.5 Å². The van der Waals surface area contributed by atoms with Crippen LogP contribution in [-0.2, 0) is 9.53 Å². The second kappa shape index (κ2) is 9.14. The van der Waals surface area contributed by atoms with Crippen LogP contribution in [0.25, 0.3) is 10.9 Å². The lowest BCUT2D eigenvalue weighted by molar-refractivity contribution is -0.142. The lowest BCUT2D eigenvalue weighted by Gasteiger charge is -2.14. The van der Waals surface area contributed by atoms with Crippen molar-refractivity contribution in [3.8, 4) is 11.5 Å². The number of aromatic nitrogens is 2. The predicted octanol–water partition coefficient (Wildman–Crippen LogP) is 2.55. The van der Waals surface area contributed by atoms with E-state index in [0.717, 1.165) is 0 Å². The number of aromatic amines is 1. The van der Waals surface area contributed by atoms with E-state index in [4.69, 9.17) is 21.1 Å². The Hall–Kier alpha value is -3.11. The van der Waals surface area contributed by atoms with Crippen molar-refractivity contribution in [1.82, 2.24) is 9.66 Å². The fourth-order valence-corrected chi connectivity index (χ4v) is 3.21. The molecule has 0 saturated carbocycles. The first kappa shape index (κ1) is 21.6. The monoisotopic (exact) mass is 495 g/mol. The molecule has 0 spiro atoms. The molecule has 2 aromatic carbocycles. The molecule has 0 radical (unpaired) electrons. The molecule has 0 aliphatic rings. The fourth-order valence-electron chi connectivity index (χ4n) is 2.55. The summed E-state index contributed by atoms with van der Waals surface area (Å²) in [6.07, 6.45) is 1.27. The van der Waals surface area contributed by atoms with Gasteiger partial charge in [0.2, 0.25) is 0 Å². The largest absolute Gasteiger partial charge is 0.493 e. The van der Waals surface area contributed by atoms with Crippen LogP contribution in [0.4, 0.5) is 0 Å². The molecule has 1 heterocycles. The maximum atomic E-state index is 12.6. The van der Waals surface area contributed by atoms with E-state index in [1.54, 1.807) is 24.3 Å². The van der Waals surface area contributed by atoms with Crippen LogP contribution in [-0.4, -0.2) is 42.7 Å². The zero-order valence-corrected chi connectivity index (χ0v) is 18.1. The second-order valence-corrected chi connectivity index (χ2v) is 7.00. The van der Waals surface area contributed by atoms with Gasteiger partial charge < -0.3 is 19.2 Å². The third-order valence-electron chi connectivity index (χ3n) is 4.03. The summed E-state index contributed by atoms with van der Waals surface area (Å²) >= 11 is 9.65. The third-order valence-corrected chi connectivity index (χ3v) is 5.48. The summed E-state index contributed by atoms with van der Waals surface area (Å²) in [6, 6.07) is 8.13. The zero-order chi connectivity index (χ0) is 21.8. The van der Waals surface area contributed by atoms with Crippen LogP contribution in [0.1, 0.15) is 5.56 Å². The number of halogens is 2. The fraction of sp³-hybridized carbons (Fsp3) is 0.158.